The van der Waals surface area contributed by atoms with Crippen molar-refractivity contribution in [2.24, 2.45) is 0 Å². The van der Waals surface area contributed by atoms with Crippen LogP contribution in [0.2, 0.25) is 0 Å². The maximum atomic E-state index is 11.5. The van der Waals surface area contributed by atoms with Crippen LogP contribution in [0.5, 0.6) is 0 Å². The molecule has 6 heteroatoms. The quantitative estimate of drug-likeness (QED) is 0.470. The van der Waals surface area contributed by atoms with Gasteiger partial charge in [-0.3, -0.25) is 9.59 Å². The molecule has 0 fully saturated rings. The SMILES string of the molecule is CC(=O)NCC(=O)c1cccc([NH+]([O-])O)c1. The van der Waals surface area contributed by atoms with Gasteiger partial charge in [0.15, 0.2) is 11.5 Å². The van der Waals surface area contributed by atoms with E-state index in [9.17, 15) is 14.8 Å². The first-order valence-corrected chi connectivity index (χ1v) is 4.61. The van der Waals surface area contributed by atoms with E-state index in [1.807, 2.05) is 0 Å². The summed E-state index contributed by atoms with van der Waals surface area (Å²) in [6, 6.07) is 5.69. The molecule has 1 amide bonds. The Balaban J connectivity index is 2.75. The van der Waals surface area contributed by atoms with Gasteiger partial charge in [-0.1, -0.05) is 12.1 Å². The number of carbonyl (C=O) groups is 2. The van der Waals surface area contributed by atoms with Gasteiger partial charge in [-0.25, -0.2) is 5.21 Å². The molecule has 0 aromatic heterocycles. The van der Waals surface area contributed by atoms with E-state index < -0.39 is 5.23 Å². The van der Waals surface area contributed by atoms with E-state index in [-0.39, 0.29) is 29.5 Å². The van der Waals surface area contributed by atoms with Gasteiger partial charge in [-0.05, 0) is 0 Å². The van der Waals surface area contributed by atoms with Crippen LogP contribution in [0, 0.1) is 5.21 Å². The van der Waals surface area contributed by atoms with Crippen LogP contribution in [0.1, 0.15) is 17.3 Å². The summed E-state index contributed by atoms with van der Waals surface area (Å²) in [4.78, 5) is 22.1. The van der Waals surface area contributed by atoms with Crippen molar-refractivity contribution < 1.29 is 20.0 Å². The van der Waals surface area contributed by atoms with Gasteiger partial charge in [0.25, 0.3) is 0 Å². The molecule has 0 aliphatic rings. The van der Waals surface area contributed by atoms with Crippen LogP contribution in [-0.4, -0.2) is 23.4 Å². The Morgan fingerprint density at radius 3 is 2.75 bits per heavy atom. The highest BCUT2D eigenvalue weighted by atomic mass is 16.8. The molecule has 1 rings (SSSR count). The fourth-order valence-corrected chi connectivity index (χ4v) is 1.13. The third-order valence-electron chi connectivity index (χ3n) is 1.93. The van der Waals surface area contributed by atoms with Crippen LogP contribution in [0.3, 0.4) is 0 Å². The summed E-state index contributed by atoms with van der Waals surface area (Å²) < 4.78 is 0. The first-order chi connectivity index (χ1) is 7.50. The molecular formula is C10H12N2O4. The number of quaternary nitrogens is 1. The van der Waals surface area contributed by atoms with E-state index in [0.29, 0.717) is 0 Å². The fourth-order valence-electron chi connectivity index (χ4n) is 1.13. The van der Waals surface area contributed by atoms with Crippen molar-refractivity contribution in [2.75, 3.05) is 6.54 Å². The predicted molar refractivity (Wildman–Crippen MR) is 55.2 cm³/mol. The number of hydrogen-bond donors (Lipinski definition) is 3. The van der Waals surface area contributed by atoms with E-state index in [4.69, 9.17) is 5.21 Å². The second-order valence-corrected chi connectivity index (χ2v) is 3.22. The number of hydrogen-bond acceptors (Lipinski definition) is 4. The van der Waals surface area contributed by atoms with E-state index >= 15 is 0 Å². The van der Waals surface area contributed by atoms with Crippen LogP contribution < -0.4 is 10.5 Å². The summed E-state index contributed by atoms with van der Waals surface area (Å²) in [5, 5.41) is 20.7. The van der Waals surface area contributed by atoms with Crippen molar-refractivity contribution in [3.63, 3.8) is 0 Å². The lowest BCUT2D eigenvalue weighted by atomic mass is 10.1. The molecule has 0 saturated carbocycles. The Bertz CT molecular complexity index is 404. The standard InChI is InChI=1S/C10H12N2O4/c1-7(13)11-6-10(14)8-3-2-4-9(5-8)12(15)16/h2-5,12,15H,6H2,1H3,(H,11,13). The summed E-state index contributed by atoms with van der Waals surface area (Å²) in [7, 11) is 0. The maximum absolute atomic E-state index is 11.5. The first-order valence-electron chi connectivity index (χ1n) is 4.61. The monoisotopic (exact) mass is 224 g/mol. The zero-order valence-electron chi connectivity index (χ0n) is 8.69. The van der Waals surface area contributed by atoms with E-state index in [1.165, 1.54) is 31.2 Å². The largest absolute Gasteiger partial charge is 0.595 e. The van der Waals surface area contributed by atoms with Crippen molar-refractivity contribution in [3.8, 4) is 0 Å². The molecule has 0 spiro atoms. The number of ketones is 1. The lowest BCUT2D eigenvalue weighted by Crippen LogP contribution is -2.99. The van der Waals surface area contributed by atoms with Crippen molar-refractivity contribution in [1.82, 2.24) is 5.32 Å². The molecule has 0 aliphatic heterocycles. The van der Waals surface area contributed by atoms with Crippen molar-refractivity contribution in [3.05, 3.63) is 35.0 Å². The molecule has 6 nitrogen and oxygen atoms in total. The van der Waals surface area contributed by atoms with Crippen LogP contribution in [0.4, 0.5) is 5.69 Å². The highest BCUT2D eigenvalue weighted by Gasteiger charge is 2.09. The smallest absolute Gasteiger partial charge is 0.217 e. The van der Waals surface area contributed by atoms with Gasteiger partial charge in [0.05, 0.1) is 6.54 Å². The van der Waals surface area contributed by atoms with E-state index in [1.54, 1.807) is 0 Å². The van der Waals surface area contributed by atoms with Gasteiger partial charge in [-0.2, -0.15) is 5.23 Å². The number of benzene rings is 1. The first kappa shape index (κ1) is 12.3. The second kappa shape index (κ2) is 5.36. The number of Topliss-reactive ketones (excluding diaryl/α,β-unsaturated/α-hetero) is 1. The molecule has 0 bridgehead atoms. The predicted octanol–water partition coefficient (Wildman–Crippen LogP) is -0.591. The Hall–Kier alpha value is -1.76. The van der Waals surface area contributed by atoms with Crippen molar-refractivity contribution in [1.29, 1.82) is 0 Å². The molecule has 86 valence electrons. The van der Waals surface area contributed by atoms with Crippen LogP contribution in [0.15, 0.2) is 24.3 Å². The van der Waals surface area contributed by atoms with E-state index in [2.05, 4.69) is 5.32 Å². The minimum Gasteiger partial charge on any atom is -0.595 e. The molecule has 3 N–H and O–H groups in total. The zero-order chi connectivity index (χ0) is 12.1. The number of nitrogens with one attached hydrogen (secondary N) is 2. The van der Waals surface area contributed by atoms with Crippen LogP contribution in [0.25, 0.3) is 0 Å². The molecule has 16 heavy (non-hydrogen) atoms. The Morgan fingerprint density at radius 1 is 1.50 bits per heavy atom. The molecule has 1 aromatic carbocycles. The fraction of sp³-hybridized carbons (Fsp3) is 0.200. The maximum Gasteiger partial charge on any atom is 0.217 e. The average Bonchev–Trinajstić information content (AvgIpc) is 2.26. The van der Waals surface area contributed by atoms with Crippen molar-refractivity contribution >= 4 is 17.4 Å². The lowest BCUT2D eigenvalue weighted by Gasteiger charge is -2.12. The van der Waals surface area contributed by atoms with Crippen LogP contribution >= 0.6 is 0 Å². The molecule has 0 saturated heterocycles. The van der Waals surface area contributed by atoms with Crippen molar-refractivity contribution in [2.45, 2.75) is 6.92 Å². The minimum absolute atomic E-state index is 0.0497. The topological polar surface area (TPSA) is 93.9 Å². The molecule has 1 atom stereocenters. The summed E-state index contributed by atoms with van der Waals surface area (Å²) in [5.41, 5.74) is 0.322. The second-order valence-electron chi connectivity index (χ2n) is 3.22. The number of amides is 1. The zero-order valence-corrected chi connectivity index (χ0v) is 8.69. The van der Waals surface area contributed by atoms with E-state index in [0.717, 1.165) is 0 Å². The third-order valence-corrected chi connectivity index (χ3v) is 1.93. The van der Waals surface area contributed by atoms with Gasteiger partial charge >= 0.3 is 0 Å². The third kappa shape index (κ3) is 3.43. The number of rotatable bonds is 4. The Kier molecular flexibility index (Phi) is 4.12. The average molecular weight is 224 g/mol. The normalized spacial score (nSPS) is 11.9. The summed E-state index contributed by atoms with van der Waals surface area (Å²) in [6.07, 6.45) is 0. The van der Waals surface area contributed by atoms with Gasteiger partial charge in [0, 0.05) is 24.6 Å². The number of carbonyl (C=O) groups excluding carboxylic acids is 2. The molecular weight excluding hydrogens is 212 g/mol. The van der Waals surface area contributed by atoms with Crippen LogP contribution in [-0.2, 0) is 4.79 Å². The Morgan fingerprint density at radius 2 is 2.19 bits per heavy atom. The molecule has 0 radical (unpaired) electrons. The van der Waals surface area contributed by atoms with Gasteiger partial charge in [0.2, 0.25) is 5.91 Å². The highest BCUT2D eigenvalue weighted by Crippen LogP contribution is 2.06. The lowest BCUT2D eigenvalue weighted by molar-refractivity contribution is -0.991. The minimum atomic E-state index is -1.09. The van der Waals surface area contributed by atoms with Gasteiger partial charge in [-0.15, -0.1) is 0 Å². The van der Waals surface area contributed by atoms with Gasteiger partial charge < -0.3 is 10.5 Å². The summed E-state index contributed by atoms with van der Waals surface area (Å²) >= 11 is 0. The van der Waals surface area contributed by atoms with Gasteiger partial charge in [0.1, 0.15) is 0 Å². The molecule has 0 heterocycles. The molecule has 0 aliphatic carbocycles. The summed E-state index contributed by atoms with van der Waals surface area (Å²) in [6.45, 7) is 1.18. The molecule has 1 aromatic rings. The Labute approximate surface area is 92.0 Å². The highest BCUT2D eigenvalue weighted by molar-refractivity contribution is 5.99. The molecule has 1 unspecified atom stereocenters. The summed E-state index contributed by atoms with van der Waals surface area (Å²) in [5.74, 6) is -0.624.